The first-order valence-corrected chi connectivity index (χ1v) is 5.82. The minimum atomic E-state index is 0. The van der Waals surface area contributed by atoms with E-state index >= 15 is 0 Å². The third kappa shape index (κ3) is 4.89. The highest BCUT2D eigenvalue weighted by molar-refractivity contribution is 14.0. The van der Waals surface area contributed by atoms with Gasteiger partial charge >= 0.3 is 0 Å². The number of aliphatic imine (C=N–C) groups is 1. The van der Waals surface area contributed by atoms with Crippen LogP contribution in [0.2, 0.25) is 0 Å². The van der Waals surface area contributed by atoms with Crippen molar-refractivity contribution < 1.29 is 0 Å². The summed E-state index contributed by atoms with van der Waals surface area (Å²) in [4.78, 5) is 8.47. The fourth-order valence-electron chi connectivity index (χ4n) is 2.03. The number of hydrogen-bond donors (Lipinski definition) is 2. The molecule has 3 N–H and O–H groups in total. The Hall–Kier alpha value is -0.850. The lowest BCUT2D eigenvalue weighted by molar-refractivity contribution is 0.563. The van der Waals surface area contributed by atoms with Crippen molar-refractivity contribution in [2.24, 2.45) is 16.6 Å². The molecule has 1 aliphatic rings. The van der Waals surface area contributed by atoms with Crippen molar-refractivity contribution in [3.8, 4) is 0 Å². The van der Waals surface area contributed by atoms with Crippen molar-refractivity contribution in [3.05, 3.63) is 24.4 Å². The number of anilines is 1. The van der Waals surface area contributed by atoms with E-state index in [9.17, 15) is 0 Å². The number of nitrogens with zero attached hydrogens (tertiary/aromatic N) is 2. The van der Waals surface area contributed by atoms with Crippen LogP contribution < -0.4 is 11.1 Å². The number of nitrogens with one attached hydrogen (secondary N) is 1. The second-order valence-electron chi connectivity index (χ2n) is 4.22. The Balaban J connectivity index is 0.00000144. The SMILES string of the molecule is I.NC(=NCC1CCCC1)Nc1ccccn1. The molecule has 0 amide bonds. The van der Waals surface area contributed by atoms with Crippen molar-refractivity contribution in [1.29, 1.82) is 0 Å². The fourth-order valence-corrected chi connectivity index (χ4v) is 2.03. The van der Waals surface area contributed by atoms with E-state index in [1.165, 1.54) is 25.7 Å². The fraction of sp³-hybridized carbons (Fsp3) is 0.500. The largest absolute Gasteiger partial charge is 0.370 e. The van der Waals surface area contributed by atoms with Crippen molar-refractivity contribution in [2.45, 2.75) is 25.7 Å². The highest BCUT2D eigenvalue weighted by Gasteiger charge is 2.13. The molecule has 0 saturated heterocycles. The van der Waals surface area contributed by atoms with E-state index in [4.69, 9.17) is 5.73 Å². The molecule has 0 radical (unpaired) electrons. The molecule has 1 heterocycles. The van der Waals surface area contributed by atoms with Gasteiger partial charge in [0.05, 0.1) is 0 Å². The van der Waals surface area contributed by atoms with Crippen LogP contribution in [0, 0.1) is 5.92 Å². The van der Waals surface area contributed by atoms with Gasteiger partial charge in [-0.05, 0) is 30.9 Å². The van der Waals surface area contributed by atoms with E-state index in [0.29, 0.717) is 5.96 Å². The van der Waals surface area contributed by atoms with Gasteiger partial charge in [-0.3, -0.25) is 4.99 Å². The molecule has 5 heteroatoms. The van der Waals surface area contributed by atoms with Gasteiger partial charge in [-0.15, -0.1) is 24.0 Å². The van der Waals surface area contributed by atoms with Crippen LogP contribution in [-0.4, -0.2) is 17.5 Å². The van der Waals surface area contributed by atoms with Crippen LogP contribution in [0.4, 0.5) is 5.82 Å². The maximum atomic E-state index is 5.78. The van der Waals surface area contributed by atoms with Crippen LogP contribution in [0.1, 0.15) is 25.7 Å². The molecule has 0 atom stereocenters. The summed E-state index contributed by atoms with van der Waals surface area (Å²) in [7, 11) is 0. The summed E-state index contributed by atoms with van der Waals surface area (Å²) >= 11 is 0. The lowest BCUT2D eigenvalue weighted by Gasteiger charge is -2.07. The Bertz CT molecular complexity index is 347. The quantitative estimate of drug-likeness (QED) is 0.502. The van der Waals surface area contributed by atoms with E-state index in [0.717, 1.165) is 18.3 Å². The number of nitrogens with two attached hydrogens (primary N) is 1. The van der Waals surface area contributed by atoms with Crippen molar-refractivity contribution >= 4 is 35.8 Å². The molecule has 2 rings (SSSR count). The van der Waals surface area contributed by atoms with E-state index in [1.807, 2.05) is 18.2 Å². The number of pyridine rings is 1. The first kappa shape index (κ1) is 14.2. The maximum Gasteiger partial charge on any atom is 0.194 e. The predicted octanol–water partition coefficient (Wildman–Crippen LogP) is 2.62. The molecule has 0 bridgehead atoms. The molecule has 0 unspecified atom stereocenters. The van der Waals surface area contributed by atoms with E-state index in [2.05, 4.69) is 15.3 Å². The first-order valence-electron chi connectivity index (χ1n) is 5.82. The van der Waals surface area contributed by atoms with Gasteiger partial charge in [-0.1, -0.05) is 18.9 Å². The van der Waals surface area contributed by atoms with Crippen molar-refractivity contribution in [3.63, 3.8) is 0 Å². The van der Waals surface area contributed by atoms with Crippen LogP contribution in [0.3, 0.4) is 0 Å². The predicted molar refractivity (Wildman–Crippen MR) is 81.7 cm³/mol. The van der Waals surface area contributed by atoms with Crippen LogP contribution in [0.5, 0.6) is 0 Å². The van der Waals surface area contributed by atoms with Gasteiger partial charge < -0.3 is 11.1 Å². The van der Waals surface area contributed by atoms with Crippen LogP contribution in [0.25, 0.3) is 0 Å². The van der Waals surface area contributed by atoms with Crippen LogP contribution >= 0.6 is 24.0 Å². The van der Waals surface area contributed by atoms with E-state index in [-0.39, 0.29) is 24.0 Å². The van der Waals surface area contributed by atoms with E-state index in [1.54, 1.807) is 6.20 Å². The van der Waals surface area contributed by atoms with Gasteiger partial charge in [0.25, 0.3) is 0 Å². The van der Waals surface area contributed by atoms with Gasteiger partial charge in [0.15, 0.2) is 5.96 Å². The topological polar surface area (TPSA) is 63.3 Å². The minimum Gasteiger partial charge on any atom is -0.370 e. The van der Waals surface area contributed by atoms with Gasteiger partial charge in [0, 0.05) is 12.7 Å². The number of guanidine groups is 1. The third-order valence-electron chi connectivity index (χ3n) is 2.92. The van der Waals surface area contributed by atoms with Gasteiger partial charge in [-0.2, -0.15) is 0 Å². The zero-order valence-electron chi connectivity index (χ0n) is 9.80. The van der Waals surface area contributed by atoms with Gasteiger partial charge in [0.1, 0.15) is 5.82 Å². The smallest absolute Gasteiger partial charge is 0.194 e. The Morgan fingerprint density at radius 2 is 2.18 bits per heavy atom. The van der Waals surface area contributed by atoms with Crippen molar-refractivity contribution in [2.75, 3.05) is 11.9 Å². The summed E-state index contributed by atoms with van der Waals surface area (Å²) < 4.78 is 0. The lowest BCUT2D eigenvalue weighted by Crippen LogP contribution is -2.24. The third-order valence-corrected chi connectivity index (χ3v) is 2.92. The number of halogens is 1. The molecule has 1 aliphatic carbocycles. The average molecular weight is 346 g/mol. The Kier molecular flexibility index (Phi) is 6.25. The van der Waals surface area contributed by atoms with Crippen LogP contribution in [0.15, 0.2) is 29.4 Å². The van der Waals surface area contributed by atoms with Gasteiger partial charge in [-0.25, -0.2) is 4.98 Å². The minimum absolute atomic E-state index is 0. The molecule has 0 aliphatic heterocycles. The molecule has 1 aromatic rings. The highest BCUT2D eigenvalue weighted by atomic mass is 127. The molecular formula is C12H19IN4. The number of hydrogen-bond acceptors (Lipinski definition) is 2. The van der Waals surface area contributed by atoms with E-state index < -0.39 is 0 Å². The second kappa shape index (κ2) is 7.47. The molecule has 0 aromatic carbocycles. The molecule has 1 saturated carbocycles. The van der Waals surface area contributed by atoms with Crippen LogP contribution in [-0.2, 0) is 0 Å². The summed E-state index contributed by atoms with van der Waals surface area (Å²) in [6.07, 6.45) is 6.99. The average Bonchev–Trinajstić information content (AvgIpc) is 2.81. The summed E-state index contributed by atoms with van der Waals surface area (Å²) in [6.45, 7) is 0.839. The molecule has 0 spiro atoms. The highest BCUT2D eigenvalue weighted by Crippen LogP contribution is 2.24. The normalized spacial score (nSPS) is 16.6. The van der Waals surface area contributed by atoms with Gasteiger partial charge in [0.2, 0.25) is 0 Å². The summed E-state index contributed by atoms with van der Waals surface area (Å²) in [5.41, 5.74) is 5.78. The molecule has 4 nitrogen and oxygen atoms in total. The Morgan fingerprint density at radius 3 is 2.82 bits per heavy atom. The standard InChI is InChI=1S/C12H18N4.HI/c13-12(15-9-10-5-1-2-6-10)16-11-7-3-4-8-14-11;/h3-4,7-8,10H,1-2,5-6,9H2,(H3,13,14,15,16);1H. The summed E-state index contributed by atoms with van der Waals surface area (Å²) in [6, 6.07) is 5.66. The number of rotatable bonds is 3. The Morgan fingerprint density at radius 1 is 1.41 bits per heavy atom. The zero-order chi connectivity index (χ0) is 11.2. The molecule has 1 fully saturated rings. The zero-order valence-corrected chi connectivity index (χ0v) is 12.1. The second-order valence-corrected chi connectivity index (χ2v) is 4.22. The van der Waals surface area contributed by atoms with Crippen molar-refractivity contribution in [1.82, 2.24) is 4.98 Å². The maximum absolute atomic E-state index is 5.78. The molecule has 1 aromatic heterocycles. The monoisotopic (exact) mass is 346 g/mol. The lowest BCUT2D eigenvalue weighted by atomic mass is 10.1. The summed E-state index contributed by atoms with van der Waals surface area (Å²) in [5, 5.41) is 2.98. The molecule has 94 valence electrons. The molecule has 17 heavy (non-hydrogen) atoms. The first-order chi connectivity index (χ1) is 7.84. The Labute approximate surface area is 119 Å². The summed E-state index contributed by atoms with van der Waals surface area (Å²) in [5.74, 6) is 1.94. The number of aromatic nitrogens is 1. The molecular weight excluding hydrogens is 327 g/mol.